The van der Waals surface area contributed by atoms with Crippen LogP contribution >= 0.6 is 0 Å². The molecule has 0 spiro atoms. The van der Waals surface area contributed by atoms with Gasteiger partial charge in [0.25, 0.3) is 0 Å². The van der Waals surface area contributed by atoms with Gasteiger partial charge in [-0.1, -0.05) is 30.3 Å². The Kier molecular flexibility index (Phi) is 4.61. The van der Waals surface area contributed by atoms with Crippen LogP contribution in [0.2, 0.25) is 0 Å². The van der Waals surface area contributed by atoms with E-state index in [4.69, 9.17) is 0 Å². The van der Waals surface area contributed by atoms with E-state index in [9.17, 15) is 14.0 Å². The fourth-order valence-electron chi connectivity index (χ4n) is 1.77. The van der Waals surface area contributed by atoms with Gasteiger partial charge in [0.1, 0.15) is 5.82 Å². The third-order valence-electron chi connectivity index (χ3n) is 2.90. The highest BCUT2D eigenvalue weighted by Crippen LogP contribution is 2.11. The second-order valence-electron chi connectivity index (χ2n) is 4.29. The first kappa shape index (κ1) is 14.7. The van der Waals surface area contributed by atoms with Crippen LogP contribution < -0.4 is 0 Å². The molecule has 4 heteroatoms. The van der Waals surface area contributed by atoms with Gasteiger partial charge in [0, 0.05) is 0 Å². The van der Waals surface area contributed by atoms with Crippen molar-refractivity contribution in [3.63, 3.8) is 0 Å². The second-order valence-corrected chi connectivity index (χ2v) is 4.29. The molecule has 0 bridgehead atoms. The van der Waals surface area contributed by atoms with E-state index in [1.807, 2.05) is 0 Å². The summed E-state index contributed by atoms with van der Waals surface area (Å²) < 4.78 is 18.0. The highest BCUT2D eigenvalue weighted by molar-refractivity contribution is 6.07. The molecular formula is C17H13FO3. The molecule has 0 aliphatic rings. The van der Waals surface area contributed by atoms with E-state index in [0.717, 1.165) is 5.56 Å². The van der Waals surface area contributed by atoms with Gasteiger partial charge in [-0.05, 0) is 35.9 Å². The van der Waals surface area contributed by atoms with Crippen LogP contribution in [-0.4, -0.2) is 18.9 Å². The smallest absolute Gasteiger partial charge is 0.337 e. The van der Waals surface area contributed by atoms with Gasteiger partial charge >= 0.3 is 5.97 Å². The molecule has 0 amide bonds. The molecule has 106 valence electrons. The fourth-order valence-corrected chi connectivity index (χ4v) is 1.77. The number of hydrogen-bond donors (Lipinski definition) is 0. The molecule has 2 rings (SSSR count). The molecule has 0 fully saturated rings. The lowest BCUT2D eigenvalue weighted by Gasteiger charge is -2.00. The Morgan fingerprint density at radius 3 is 2.33 bits per heavy atom. The van der Waals surface area contributed by atoms with Crippen molar-refractivity contribution in [1.82, 2.24) is 0 Å². The Bertz CT molecular complexity index is 687. The van der Waals surface area contributed by atoms with E-state index in [1.54, 1.807) is 36.4 Å². The highest BCUT2D eigenvalue weighted by atomic mass is 19.1. The molecule has 0 aromatic heterocycles. The van der Waals surface area contributed by atoms with E-state index >= 15 is 0 Å². The lowest BCUT2D eigenvalue weighted by Crippen LogP contribution is -2.00. The van der Waals surface area contributed by atoms with Gasteiger partial charge in [0.05, 0.1) is 18.2 Å². The van der Waals surface area contributed by atoms with E-state index < -0.39 is 17.6 Å². The summed E-state index contributed by atoms with van der Waals surface area (Å²) in [5.74, 6) is -1.38. The van der Waals surface area contributed by atoms with Crippen LogP contribution in [0.4, 0.5) is 4.39 Å². The third-order valence-corrected chi connectivity index (χ3v) is 2.90. The Hall–Kier alpha value is -2.75. The van der Waals surface area contributed by atoms with E-state index in [2.05, 4.69) is 4.74 Å². The largest absolute Gasteiger partial charge is 0.465 e. The van der Waals surface area contributed by atoms with Crippen molar-refractivity contribution < 1.29 is 18.7 Å². The SMILES string of the molecule is COC(=O)c1ccc(/C=C/C(=O)c2ccccc2F)cc1. The Morgan fingerprint density at radius 1 is 1.05 bits per heavy atom. The van der Waals surface area contributed by atoms with Crippen LogP contribution in [0.15, 0.2) is 54.6 Å². The maximum absolute atomic E-state index is 13.4. The number of halogens is 1. The van der Waals surface area contributed by atoms with Crippen molar-refractivity contribution in [2.24, 2.45) is 0 Å². The fraction of sp³-hybridized carbons (Fsp3) is 0.0588. The van der Waals surface area contributed by atoms with Crippen molar-refractivity contribution in [2.45, 2.75) is 0 Å². The van der Waals surface area contributed by atoms with Crippen molar-refractivity contribution in [1.29, 1.82) is 0 Å². The van der Waals surface area contributed by atoms with Gasteiger partial charge in [-0.15, -0.1) is 0 Å². The topological polar surface area (TPSA) is 43.4 Å². The first-order valence-electron chi connectivity index (χ1n) is 6.27. The highest BCUT2D eigenvalue weighted by Gasteiger charge is 2.07. The molecule has 0 N–H and O–H groups in total. The quantitative estimate of drug-likeness (QED) is 0.490. The number of ketones is 1. The minimum absolute atomic E-state index is 0.0277. The number of esters is 1. The zero-order valence-corrected chi connectivity index (χ0v) is 11.4. The van der Waals surface area contributed by atoms with E-state index in [-0.39, 0.29) is 5.56 Å². The van der Waals surface area contributed by atoms with Gasteiger partial charge < -0.3 is 4.74 Å². The first-order chi connectivity index (χ1) is 10.1. The minimum atomic E-state index is -0.548. The van der Waals surface area contributed by atoms with Gasteiger partial charge in [0.2, 0.25) is 0 Å². The van der Waals surface area contributed by atoms with Crippen molar-refractivity contribution in [3.8, 4) is 0 Å². The maximum Gasteiger partial charge on any atom is 0.337 e. The summed E-state index contributed by atoms with van der Waals surface area (Å²) in [5.41, 5.74) is 1.18. The van der Waals surface area contributed by atoms with Crippen LogP contribution in [0.25, 0.3) is 6.08 Å². The normalized spacial score (nSPS) is 10.6. The molecule has 2 aromatic rings. The van der Waals surface area contributed by atoms with Crippen molar-refractivity contribution in [3.05, 3.63) is 77.1 Å². The molecule has 0 unspecified atom stereocenters. The first-order valence-corrected chi connectivity index (χ1v) is 6.27. The average Bonchev–Trinajstić information content (AvgIpc) is 2.52. The van der Waals surface area contributed by atoms with Gasteiger partial charge in [-0.25, -0.2) is 9.18 Å². The molecule has 0 heterocycles. The molecule has 0 atom stereocenters. The Balaban J connectivity index is 2.13. The maximum atomic E-state index is 13.4. The van der Waals surface area contributed by atoms with E-state index in [1.165, 1.54) is 31.4 Å². The molecule has 0 saturated heterocycles. The molecule has 0 aliphatic heterocycles. The molecule has 2 aromatic carbocycles. The molecule has 0 saturated carbocycles. The monoisotopic (exact) mass is 284 g/mol. The summed E-state index contributed by atoms with van der Waals surface area (Å²) >= 11 is 0. The van der Waals surface area contributed by atoms with Crippen molar-refractivity contribution in [2.75, 3.05) is 7.11 Å². The number of carbonyl (C=O) groups excluding carboxylic acids is 2. The van der Waals surface area contributed by atoms with Crippen LogP contribution in [0.3, 0.4) is 0 Å². The predicted octanol–water partition coefficient (Wildman–Crippen LogP) is 3.51. The number of carbonyl (C=O) groups is 2. The average molecular weight is 284 g/mol. The lowest BCUT2D eigenvalue weighted by molar-refractivity contribution is 0.0600. The number of ether oxygens (including phenoxy) is 1. The molecule has 0 radical (unpaired) electrons. The summed E-state index contributed by atoms with van der Waals surface area (Å²) in [7, 11) is 1.31. The van der Waals surface area contributed by atoms with Crippen LogP contribution in [-0.2, 0) is 4.74 Å². The van der Waals surface area contributed by atoms with Gasteiger partial charge in [-0.3, -0.25) is 4.79 Å². The summed E-state index contributed by atoms with van der Waals surface area (Å²) in [6.07, 6.45) is 2.86. The minimum Gasteiger partial charge on any atom is -0.465 e. The number of rotatable bonds is 4. The summed E-state index contributed by atoms with van der Waals surface area (Å²) in [4.78, 5) is 23.1. The van der Waals surface area contributed by atoms with Gasteiger partial charge in [-0.2, -0.15) is 0 Å². The second kappa shape index (κ2) is 6.61. The number of methoxy groups -OCH3 is 1. The third kappa shape index (κ3) is 3.63. The number of benzene rings is 2. The Labute approximate surface area is 121 Å². The summed E-state index contributed by atoms with van der Waals surface area (Å²) in [6, 6.07) is 12.4. The van der Waals surface area contributed by atoms with Crippen LogP contribution in [0, 0.1) is 5.82 Å². The summed E-state index contributed by atoms with van der Waals surface area (Å²) in [5, 5.41) is 0. The molecular weight excluding hydrogens is 271 g/mol. The summed E-state index contributed by atoms with van der Waals surface area (Å²) in [6.45, 7) is 0. The molecule has 3 nitrogen and oxygen atoms in total. The molecule has 21 heavy (non-hydrogen) atoms. The van der Waals surface area contributed by atoms with Crippen LogP contribution in [0.1, 0.15) is 26.3 Å². The van der Waals surface area contributed by atoms with Crippen LogP contribution in [0.5, 0.6) is 0 Å². The zero-order valence-electron chi connectivity index (χ0n) is 11.4. The molecule has 0 aliphatic carbocycles. The zero-order chi connectivity index (χ0) is 15.2. The standard InChI is InChI=1S/C17H13FO3/c1-21-17(20)13-9-6-12(7-10-13)8-11-16(19)14-4-2-3-5-15(14)18/h2-11H,1H3/b11-8+. The van der Waals surface area contributed by atoms with Gasteiger partial charge in [0.15, 0.2) is 5.78 Å². The van der Waals surface area contributed by atoms with E-state index in [0.29, 0.717) is 5.56 Å². The predicted molar refractivity (Wildman–Crippen MR) is 77.5 cm³/mol. The lowest BCUT2D eigenvalue weighted by atomic mass is 10.1. The van der Waals surface area contributed by atoms with Crippen molar-refractivity contribution >= 4 is 17.8 Å². The number of hydrogen-bond acceptors (Lipinski definition) is 3. The number of allylic oxidation sites excluding steroid dienone is 1. The Morgan fingerprint density at radius 2 is 1.71 bits per heavy atom.